The fraction of sp³-hybridized carbons (Fsp3) is 0.316. The zero-order valence-corrected chi connectivity index (χ0v) is 15.6. The van der Waals surface area contributed by atoms with E-state index >= 15 is 0 Å². The molecule has 1 saturated heterocycles. The van der Waals surface area contributed by atoms with Gasteiger partial charge in [-0.2, -0.15) is 16.4 Å². The number of benzene rings is 1. The number of hydrogen-bond acceptors (Lipinski definition) is 4. The van der Waals surface area contributed by atoms with Gasteiger partial charge in [-0.3, -0.25) is 15.2 Å². The van der Waals surface area contributed by atoms with Crippen molar-refractivity contribution in [1.82, 2.24) is 20.4 Å². The number of nitrogens with zero attached hydrogens (tertiary/aromatic N) is 2. The lowest BCUT2D eigenvalue weighted by atomic mass is 10.1. The number of likely N-dealkylation sites (tertiary alicyclic amines) is 1. The average Bonchev–Trinajstić information content (AvgIpc) is 3.41. The third kappa shape index (κ3) is 3.95. The molecule has 0 bridgehead atoms. The first kappa shape index (κ1) is 17.5. The number of thiophene rings is 1. The quantitative estimate of drug-likeness (QED) is 0.570. The molecule has 1 fully saturated rings. The molecular formula is C19H21N5O2S. The Bertz CT molecular complexity index is 950. The van der Waals surface area contributed by atoms with Gasteiger partial charge in [-0.05, 0) is 52.9 Å². The lowest BCUT2D eigenvalue weighted by molar-refractivity contribution is -0.127. The number of amides is 3. The number of carbonyl (C=O) groups excluding carboxylic acids is 2. The summed E-state index contributed by atoms with van der Waals surface area (Å²) in [5.41, 5.74) is 3.15. The van der Waals surface area contributed by atoms with E-state index in [4.69, 9.17) is 0 Å². The predicted octanol–water partition coefficient (Wildman–Crippen LogP) is 3.43. The molecule has 1 aromatic carbocycles. The Morgan fingerprint density at radius 2 is 2.22 bits per heavy atom. The minimum Gasteiger partial charge on any atom is -0.343 e. The van der Waals surface area contributed by atoms with Gasteiger partial charge in [0, 0.05) is 31.4 Å². The number of nitrogens with one attached hydrogen (secondary N) is 3. The normalized spacial score (nSPS) is 14.1. The molecule has 8 heteroatoms. The Hall–Kier alpha value is -2.87. The number of H-pyrrole nitrogens is 1. The van der Waals surface area contributed by atoms with Gasteiger partial charge in [0.1, 0.15) is 0 Å². The molecular weight excluding hydrogens is 362 g/mol. The fourth-order valence-corrected chi connectivity index (χ4v) is 3.95. The van der Waals surface area contributed by atoms with E-state index < -0.39 is 0 Å². The van der Waals surface area contributed by atoms with Gasteiger partial charge in [-0.1, -0.05) is 6.07 Å². The van der Waals surface area contributed by atoms with Gasteiger partial charge < -0.3 is 10.2 Å². The largest absolute Gasteiger partial charge is 0.343 e. The highest BCUT2D eigenvalue weighted by Crippen LogP contribution is 2.28. The second kappa shape index (κ2) is 7.79. The van der Waals surface area contributed by atoms with Gasteiger partial charge in [-0.15, -0.1) is 0 Å². The second-order valence-corrected chi connectivity index (χ2v) is 7.34. The summed E-state index contributed by atoms with van der Waals surface area (Å²) in [4.78, 5) is 25.5. The van der Waals surface area contributed by atoms with Crippen LogP contribution in [0, 0.1) is 0 Å². The van der Waals surface area contributed by atoms with E-state index in [1.54, 1.807) is 11.3 Å². The lowest BCUT2D eigenvalue weighted by Gasteiger charge is -2.15. The molecule has 0 radical (unpaired) electrons. The van der Waals surface area contributed by atoms with Gasteiger partial charge >= 0.3 is 6.03 Å². The standard InChI is InChI=1S/C19H21N5O2S/c25-17-3-1-8-24(17)9-2-7-20-19(26)21-18-15-5-4-13(11-16(15)22-23-18)14-6-10-27-12-14/h4-6,10-12H,1-3,7-9H2,(H3,20,21,22,23,26). The molecule has 2 aromatic heterocycles. The van der Waals surface area contributed by atoms with E-state index in [0.717, 1.165) is 35.9 Å². The number of fused-ring (bicyclic) bond motifs is 1. The monoisotopic (exact) mass is 383 g/mol. The smallest absolute Gasteiger partial charge is 0.320 e. The number of aromatic amines is 1. The van der Waals surface area contributed by atoms with Crippen molar-refractivity contribution in [1.29, 1.82) is 0 Å². The minimum atomic E-state index is -0.293. The van der Waals surface area contributed by atoms with E-state index in [-0.39, 0.29) is 11.9 Å². The second-order valence-electron chi connectivity index (χ2n) is 6.56. The van der Waals surface area contributed by atoms with Crippen LogP contribution in [-0.2, 0) is 4.79 Å². The van der Waals surface area contributed by atoms with Gasteiger partial charge in [0.25, 0.3) is 0 Å². The number of aromatic nitrogens is 2. The molecule has 3 aromatic rings. The predicted molar refractivity (Wildman–Crippen MR) is 107 cm³/mol. The van der Waals surface area contributed by atoms with Crippen molar-refractivity contribution in [3.8, 4) is 11.1 Å². The molecule has 140 valence electrons. The molecule has 0 atom stereocenters. The molecule has 1 aliphatic heterocycles. The molecule has 4 rings (SSSR count). The van der Waals surface area contributed by atoms with Gasteiger partial charge in [-0.25, -0.2) is 4.79 Å². The molecule has 0 spiro atoms. The van der Waals surface area contributed by atoms with Gasteiger partial charge in [0.05, 0.1) is 5.52 Å². The zero-order chi connectivity index (χ0) is 18.6. The first-order valence-electron chi connectivity index (χ1n) is 9.04. The van der Waals surface area contributed by atoms with Crippen LogP contribution in [0.25, 0.3) is 22.0 Å². The van der Waals surface area contributed by atoms with E-state index in [1.807, 2.05) is 28.5 Å². The Balaban J connectivity index is 1.31. The van der Waals surface area contributed by atoms with E-state index in [0.29, 0.717) is 25.3 Å². The van der Waals surface area contributed by atoms with Crippen LogP contribution in [0.15, 0.2) is 35.0 Å². The number of carbonyl (C=O) groups is 2. The van der Waals surface area contributed by atoms with Crippen LogP contribution >= 0.6 is 11.3 Å². The Kier molecular flexibility index (Phi) is 5.06. The summed E-state index contributed by atoms with van der Waals surface area (Å²) < 4.78 is 0. The van der Waals surface area contributed by atoms with E-state index in [2.05, 4.69) is 32.3 Å². The van der Waals surface area contributed by atoms with E-state index in [1.165, 1.54) is 5.56 Å². The van der Waals surface area contributed by atoms with E-state index in [9.17, 15) is 9.59 Å². The highest BCUT2D eigenvalue weighted by Gasteiger charge is 2.19. The summed E-state index contributed by atoms with van der Waals surface area (Å²) >= 11 is 1.66. The number of urea groups is 1. The van der Waals surface area contributed by atoms with Crippen molar-refractivity contribution in [3.63, 3.8) is 0 Å². The Labute approximate surface area is 160 Å². The van der Waals surface area contributed by atoms with Crippen molar-refractivity contribution < 1.29 is 9.59 Å². The molecule has 3 N–H and O–H groups in total. The summed E-state index contributed by atoms with van der Waals surface area (Å²) in [6.45, 7) is 2.04. The van der Waals surface area contributed by atoms with Crippen molar-refractivity contribution in [2.24, 2.45) is 0 Å². The molecule has 27 heavy (non-hydrogen) atoms. The zero-order valence-electron chi connectivity index (χ0n) is 14.8. The van der Waals surface area contributed by atoms with Crippen molar-refractivity contribution >= 4 is 40.0 Å². The molecule has 3 amide bonds. The van der Waals surface area contributed by atoms with Crippen LogP contribution in [0.2, 0.25) is 0 Å². The summed E-state index contributed by atoms with van der Waals surface area (Å²) in [5, 5.41) is 17.8. The molecule has 7 nitrogen and oxygen atoms in total. The maximum absolute atomic E-state index is 12.1. The Morgan fingerprint density at radius 3 is 3.00 bits per heavy atom. The molecule has 1 aliphatic rings. The average molecular weight is 383 g/mol. The van der Waals surface area contributed by atoms with Gasteiger partial charge in [0.15, 0.2) is 5.82 Å². The van der Waals surface area contributed by atoms with Crippen LogP contribution in [0.1, 0.15) is 19.3 Å². The van der Waals surface area contributed by atoms with Crippen molar-refractivity contribution in [3.05, 3.63) is 35.0 Å². The fourth-order valence-electron chi connectivity index (χ4n) is 3.29. The van der Waals surface area contributed by atoms with Crippen LogP contribution < -0.4 is 10.6 Å². The first-order valence-corrected chi connectivity index (χ1v) is 9.98. The third-order valence-corrected chi connectivity index (χ3v) is 5.39. The summed E-state index contributed by atoms with van der Waals surface area (Å²) in [7, 11) is 0. The SMILES string of the molecule is O=C(NCCCN1CCCC1=O)Nc1n[nH]c2cc(-c3ccsc3)ccc12. The molecule has 3 heterocycles. The van der Waals surface area contributed by atoms with Gasteiger partial charge in [0.2, 0.25) is 5.91 Å². The summed E-state index contributed by atoms with van der Waals surface area (Å²) in [6.07, 6.45) is 2.33. The third-order valence-electron chi connectivity index (χ3n) is 4.71. The summed E-state index contributed by atoms with van der Waals surface area (Å²) in [5.74, 6) is 0.721. The van der Waals surface area contributed by atoms with Crippen molar-refractivity contribution in [2.45, 2.75) is 19.3 Å². The Morgan fingerprint density at radius 1 is 1.30 bits per heavy atom. The maximum Gasteiger partial charge on any atom is 0.320 e. The van der Waals surface area contributed by atoms with Crippen LogP contribution in [0.4, 0.5) is 10.6 Å². The number of hydrogen-bond donors (Lipinski definition) is 3. The summed E-state index contributed by atoms with van der Waals surface area (Å²) in [6, 6.07) is 7.79. The lowest BCUT2D eigenvalue weighted by Crippen LogP contribution is -2.33. The van der Waals surface area contributed by atoms with Crippen LogP contribution in [0.5, 0.6) is 0 Å². The van der Waals surface area contributed by atoms with Crippen LogP contribution in [-0.4, -0.2) is 46.7 Å². The molecule has 0 aliphatic carbocycles. The molecule has 0 unspecified atom stereocenters. The highest BCUT2D eigenvalue weighted by atomic mass is 32.1. The maximum atomic E-state index is 12.1. The number of rotatable bonds is 6. The van der Waals surface area contributed by atoms with Crippen molar-refractivity contribution in [2.75, 3.05) is 25.0 Å². The highest BCUT2D eigenvalue weighted by molar-refractivity contribution is 7.08. The topological polar surface area (TPSA) is 90.1 Å². The minimum absolute atomic E-state index is 0.212. The van der Waals surface area contributed by atoms with Crippen LogP contribution in [0.3, 0.4) is 0 Å². The first-order chi connectivity index (χ1) is 13.2. The molecule has 0 saturated carbocycles. The number of anilines is 1.